The van der Waals surface area contributed by atoms with Gasteiger partial charge in [-0.3, -0.25) is 4.79 Å². The Morgan fingerprint density at radius 1 is 1.08 bits per heavy atom. The first-order valence-electron chi connectivity index (χ1n) is 7.66. The molecule has 1 aromatic heterocycles. The number of hydrogen-bond acceptors (Lipinski definition) is 4. The predicted octanol–water partition coefficient (Wildman–Crippen LogP) is 3.48. The third-order valence-corrected chi connectivity index (χ3v) is 4.72. The number of hydrogen-bond donors (Lipinski definition) is 2. The second-order valence-corrected chi connectivity index (χ2v) is 6.60. The number of fused-ring (bicyclic) bond motifs is 1. The Labute approximate surface area is 144 Å². The summed E-state index contributed by atoms with van der Waals surface area (Å²) in [5, 5.41) is 11.0. The molecule has 0 aliphatic rings. The molecule has 0 radical (unpaired) electrons. The van der Waals surface area contributed by atoms with E-state index in [0.717, 1.165) is 32.8 Å². The largest absolute Gasteiger partial charge is 0.480 e. The van der Waals surface area contributed by atoms with E-state index in [4.69, 9.17) is 10.8 Å². The Hall–Kier alpha value is -2.37. The highest BCUT2D eigenvalue weighted by Crippen LogP contribution is 2.24. The summed E-state index contributed by atoms with van der Waals surface area (Å²) in [4.78, 5) is 15.5. The zero-order valence-electron chi connectivity index (χ0n) is 13.1. The highest BCUT2D eigenvalue weighted by molar-refractivity contribution is 7.98. The summed E-state index contributed by atoms with van der Waals surface area (Å²) in [5.74, 6) is -0.197. The Balaban J connectivity index is 1.68. The molecule has 122 valence electrons. The van der Waals surface area contributed by atoms with Crippen molar-refractivity contribution in [3.05, 3.63) is 71.8 Å². The van der Waals surface area contributed by atoms with Crippen molar-refractivity contribution in [2.24, 2.45) is 5.73 Å². The monoisotopic (exact) mass is 338 g/mol. The molecule has 4 nitrogen and oxygen atoms in total. The lowest BCUT2D eigenvalue weighted by atomic mass is 10.0. The van der Waals surface area contributed by atoms with Crippen LogP contribution in [-0.4, -0.2) is 22.1 Å². The molecular weight excluding hydrogens is 320 g/mol. The fourth-order valence-electron chi connectivity index (χ4n) is 2.47. The minimum atomic E-state index is -0.977. The molecule has 3 rings (SSSR count). The van der Waals surface area contributed by atoms with Gasteiger partial charge in [0.1, 0.15) is 6.04 Å². The highest BCUT2D eigenvalue weighted by atomic mass is 32.2. The number of benzene rings is 2. The lowest BCUT2D eigenvalue weighted by molar-refractivity contribution is -0.138. The molecule has 3 aromatic rings. The zero-order valence-corrected chi connectivity index (χ0v) is 13.9. The van der Waals surface area contributed by atoms with Gasteiger partial charge in [-0.15, -0.1) is 11.8 Å². The van der Waals surface area contributed by atoms with E-state index in [-0.39, 0.29) is 0 Å². The summed E-state index contributed by atoms with van der Waals surface area (Å²) in [6, 6.07) is 19.2. The minimum Gasteiger partial charge on any atom is -0.480 e. The van der Waals surface area contributed by atoms with Crippen LogP contribution in [0.1, 0.15) is 11.1 Å². The highest BCUT2D eigenvalue weighted by Gasteiger charge is 2.12. The van der Waals surface area contributed by atoms with Crippen LogP contribution < -0.4 is 5.73 Å². The maximum Gasteiger partial charge on any atom is 0.320 e. The molecule has 0 aliphatic carbocycles. The average molecular weight is 338 g/mol. The fourth-order valence-corrected chi connectivity index (χ4v) is 3.29. The van der Waals surface area contributed by atoms with Gasteiger partial charge < -0.3 is 10.8 Å². The number of nitrogens with zero attached hydrogens (tertiary/aromatic N) is 1. The van der Waals surface area contributed by atoms with Gasteiger partial charge in [-0.25, -0.2) is 4.98 Å². The molecule has 0 spiro atoms. The predicted molar refractivity (Wildman–Crippen MR) is 97.1 cm³/mol. The van der Waals surface area contributed by atoms with Crippen LogP contribution in [0.2, 0.25) is 0 Å². The van der Waals surface area contributed by atoms with Gasteiger partial charge in [0.15, 0.2) is 0 Å². The van der Waals surface area contributed by atoms with Crippen molar-refractivity contribution in [2.45, 2.75) is 23.2 Å². The molecule has 1 atom stereocenters. The van der Waals surface area contributed by atoms with Crippen molar-refractivity contribution < 1.29 is 9.90 Å². The van der Waals surface area contributed by atoms with Crippen LogP contribution in [0.5, 0.6) is 0 Å². The van der Waals surface area contributed by atoms with Crippen LogP contribution in [0.3, 0.4) is 0 Å². The SMILES string of the molecule is NC(Cc1cccc(CSc2ccc3ccccc3n2)c1)C(=O)O. The maximum absolute atomic E-state index is 10.9. The van der Waals surface area contributed by atoms with Gasteiger partial charge in [0, 0.05) is 11.1 Å². The number of pyridine rings is 1. The van der Waals surface area contributed by atoms with Crippen LogP contribution >= 0.6 is 11.8 Å². The van der Waals surface area contributed by atoms with Gasteiger partial charge in [-0.1, -0.05) is 48.5 Å². The topological polar surface area (TPSA) is 76.2 Å². The van der Waals surface area contributed by atoms with Crippen molar-refractivity contribution in [1.29, 1.82) is 0 Å². The summed E-state index contributed by atoms with van der Waals surface area (Å²) in [6.07, 6.45) is 0.335. The molecule has 0 fully saturated rings. The summed E-state index contributed by atoms with van der Waals surface area (Å²) < 4.78 is 0. The Morgan fingerprint density at radius 2 is 1.88 bits per heavy atom. The van der Waals surface area contributed by atoms with Gasteiger partial charge in [0.2, 0.25) is 0 Å². The van der Waals surface area contributed by atoms with Crippen LogP contribution in [0.4, 0.5) is 0 Å². The maximum atomic E-state index is 10.9. The van der Waals surface area contributed by atoms with Crippen LogP contribution in [0.25, 0.3) is 10.9 Å². The molecule has 0 aliphatic heterocycles. The van der Waals surface area contributed by atoms with Crippen molar-refractivity contribution >= 4 is 28.6 Å². The van der Waals surface area contributed by atoms with E-state index >= 15 is 0 Å². The Morgan fingerprint density at radius 3 is 2.71 bits per heavy atom. The normalized spacial score (nSPS) is 12.2. The molecule has 5 heteroatoms. The zero-order chi connectivity index (χ0) is 16.9. The van der Waals surface area contributed by atoms with Crippen LogP contribution in [0, 0.1) is 0 Å². The quantitative estimate of drug-likeness (QED) is 0.673. The van der Waals surface area contributed by atoms with Crippen LogP contribution in [0.15, 0.2) is 65.7 Å². The molecular formula is C19H18N2O2S. The van der Waals surface area contributed by atoms with E-state index in [0.29, 0.717) is 6.42 Å². The summed E-state index contributed by atoms with van der Waals surface area (Å²) in [7, 11) is 0. The number of rotatable bonds is 6. The van der Waals surface area contributed by atoms with Crippen molar-refractivity contribution in [3.8, 4) is 0 Å². The standard InChI is InChI=1S/C19H18N2O2S/c20-16(19(22)23)11-13-4-3-5-14(10-13)12-24-18-9-8-15-6-1-2-7-17(15)21-18/h1-10,16H,11-12,20H2,(H,22,23). The van der Waals surface area contributed by atoms with Gasteiger partial charge in [-0.05, 0) is 29.7 Å². The lowest BCUT2D eigenvalue weighted by Crippen LogP contribution is -2.32. The Bertz CT molecular complexity index is 867. The van der Waals surface area contributed by atoms with Crippen molar-refractivity contribution in [3.63, 3.8) is 0 Å². The number of aliphatic carboxylic acids is 1. The number of carboxylic acid groups (broad SMARTS) is 1. The molecule has 0 amide bonds. The van der Waals surface area contributed by atoms with Crippen molar-refractivity contribution in [1.82, 2.24) is 4.98 Å². The first kappa shape index (κ1) is 16.5. The van der Waals surface area contributed by atoms with E-state index in [1.165, 1.54) is 0 Å². The third-order valence-electron chi connectivity index (χ3n) is 3.72. The first-order chi connectivity index (χ1) is 11.6. The van der Waals surface area contributed by atoms with Crippen LogP contribution in [-0.2, 0) is 17.0 Å². The average Bonchev–Trinajstić information content (AvgIpc) is 2.60. The van der Waals surface area contributed by atoms with E-state index < -0.39 is 12.0 Å². The molecule has 2 aromatic carbocycles. The second-order valence-electron chi connectivity index (χ2n) is 5.60. The Kier molecular flexibility index (Phi) is 5.13. The lowest BCUT2D eigenvalue weighted by Gasteiger charge is -2.08. The van der Waals surface area contributed by atoms with E-state index in [1.807, 2.05) is 54.6 Å². The molecule has 0 saturated heterocycles. The summed E-state index contributed by atoms with van der Waals surface area (Å²) in [5.41, 5.74) is 8.66. The smallest absolute Gasteiger partial charge is 0.320 e. The number of nitrogens with two attached hydrogens (primary N) is 1. The van der Waals surface area contributed by atoms with E-state index in [9.17, 15) is 4.79 Å². The number of aromatic nitrogens is 1. The second kappa shape index (κ2) is 7.47. The summed E-state index contributed by atoms with van der Waals surface area (Å²) in [6.45, 7) is 0. The minimum absolute atomic E-state index is 0.335. The van der Waals surface area contributed by atoms with E-state index in [1.54, 1.807) is 11.8 Å². The number of carboxylic acids is 1. The van der Waals surface area contributed by atoms with Gasteiger partial charge in [-0.2, -0.15) is 0 Å². The molecule has 1 heterocycles. The molecule has 24 heavy (non-hydrogen) atoms. The van der Waals surface area contributed by atoms with Gasteiger partial charge in [0.05, 0.1) is 10.5 Å². The first-order valence-corrected chi connectivity index (χ1v) is 8.65. The fraction of sp³-hybridized carbons (Fsp3) is 0.158. The summed E-state index contributed by atoms with van der Waals surface area (Å²) >= 11 is 1.66. The molecule has 1 unspecified atom stereocenters. The number of para-hydroxylation sites is 1. The van der Waals surface area contributed by atoms with Gasteiger partial charge >= 0.3 is 5.97 Å². The van der Waals surface area contributed by atoms with E-state index in [2.05, 4.69) is 11.1 Å². The van der Waals surface area contributed by atoms with Crippen molar-refractivity contribution in [2.75, 3.05) is 0 Å². The molecule has 0 bridgehead atoms. The number of thioether (sulfide) groups is 1. The molecule has 3 N–H and O–H groups in total. The van der Waals surface area contributed by atoms with Gasteiger partial charge in [0.25, 0.3) is 0 Å². The third kappa shape index (κ3) is 4.13. The molecule has 0 saturated carbocycles. The number of carbonyl (C=O) groups is 1.